The summed E-state index contributed by atoms with van der Waals surface area (Å²) in [4.78, 5) is 0. The highest BCUT2D eigenvalue weighted by Crippen LogP contribution is 2.21. The van der Waals surface area contributed by atoms with E-state index in [9.17, 15) is 0 Å². The SMILES string of the molecule is Cc1ccc(C#CCCCN)c2ccccc12. The molecule has 0 unspecified atom stereocenters. The fraction of sp³-hybridized carbons (Fsp3) is 0.250. The highest BCUT2D eigenvalue weighted by atomic mass is 14.5. The average molecular weight is 223 g/mol. The molecule has 0 spiro atoms. The summed E-state index contributed by atoms with van der Waals surface area (Å²) in [5.74, 6) is 6.43. The van der Waals surface area contributed by atoms with Crippen molar-refractivity contribution in [2.75, 3.05) is 6.54 Å². The molecule has 1 heteroatoms. The number of aryl methyl sites for hydroxylation is 1. The van der Waals surface area contributed by atoms with Crippen LogP contribution in [-0.4, -0.2) is 6.54 Å². The predicted octanol–water partition coefficient (Wildman–Crippen LogP) is 3.24. The molecule has 2 aromatic rings. The predicted molar refractivity (Wildman–Crippen MR) is 73.9 cm³/mol. The zero-order chi connectivity index (χ0) is 12.1. The van der Waals surface area contributed by atoms with Crippen molar-refractivity contribution >= 4 is 10.8 Å². The van der Waals surface area contributed by atoms with Crippen molar-refractivity contribution < 1.29 is 0 Å². The van der Waals surface area contributed by atoms with E-state index in [0.29, 0.717) is 6.54 Å². The number of nitrogens with two attached hydrogens (primary N) is 1. The lowest BCUT2D eigenvalue weighted by Gasteiger charge is -2.03. The average Bonchev–Trinajstić information content (AvgIpc) is 2.37. The molecule has 2 N–H and O–H groups in total. The molecule has 0 saturated heterocycles. The van der Waals surface area contributed by atoms with Crippen LogP contribution in [-0.2, 0) is 0 Å². The third-order valence-corrected chi connectivity index (χ3v) is 2.87. The molecule has 0 aliphatic carbocycles. The van der Waals surface area contributed by atoms with Gasteiger partial charge in [0.2, 0.25) is 0 Å². The van der Waals surface area contributed by atoms with E-state index < -0.39 is 0 Å². The Hall–Kier alpha value is -1.78. The highest BCUT2D eigenvalue weighted by Gasteiger charge is 1.99. The molecule has 17 heavy (non-hydrogen) atoms. The van der Waals surface area contributed by atoms with Crippen molar-refractivity contribution in [3.05, 3.63) is 47.5 Å². The van der Waals surface area contributed by atoms with Gasteiger partial charge in [-0.1, -0.05) is 42.2 Å². The maximum Gasteiger partial charge on any atom is 0.0323 e. The van der Waals surface area contributed by atoms with Gasteiger partial charge in [0.05, 0.1) is 0 Å². The normalized spacial score (nSPS) is 10.0. The van der Waals surface area contributed by atoms with Gasteiger partial charge >= 0.3 is 0 Å². The molecule has 0 atom stereocenters. The first-order chi connectivity index (χ1) is 8.33. The molecule has 0 bridgehead atoms. The van der Waals surface area contributed by atoms with Crippen LogP contribution >= 0.6 is 0 Å². The second-order valence-electron chi connectivity index (χ2n) is 4.17. The lowest BCUT2D eigenvalue weighted by molar-refractivity contribution is 0.870. The van der Waals surface area contributed by atoms with E-state index in [4.69, 9.17) is 5.73 Å². The summed E-state index contributed by atoms with van der Waals surface area (Å²) in [5, 5.41) is 2.53. The Morgan fingerprint density at radius 1 is 1.06 bits per heavy atom. The van der Waals surface area contributed by atoms with Gasteiger partial charge in [0.25, 0.3) is 0 Å². The number of benzene rings is 2. The summed E-state index contributed by atoms with van der Waals surface area (Å²) < 4.78 is 0. The molecule has 2 rings (SSSR count). The zero-order valence-corrected chi connectivity index (χ0v) is 10.2. The Morgan fingerprint density at radius 2 is 1.82 bits per heavy atom. The minimum absolute atomic E-state index is 0.712. The van der Waals surface area contributed by atoms with Crippen LogP contribution < -0.4 is 5.73 Å². The molecule has 0 fully saturated rings. The smallest absolute Gasteiger partial charge is 0.0323 e. The fourth-order valence-corrected chi connectivity index (χ4v) is 1.91. The lowest BCUT2D eigenvalue weighted by atomic mass is 10.0. The Bertz CT molecular complexity index is 573. The van der Waals surface area contributed by atoms with E-state index >= 15 is 0 Å². The minimum atomic E-state index is 0.712. The zero-order valence-electron chi connectivity index (χ0n) is 10.2. The van der Waals surface area contributed by atoms with Gasteiger partial charge in [0.15, 0.2) is 0 Å². The van der Waals surface area contributed by atoms with E-state index in [2.05, 4.69) is 55.2 Å². The lowest BCUT2D eigenvalue weighted by Crippen LogP contribution is -1.96. The van der Waals surface area contributed by atoms with Gasteiger partial charge in [-0.25, -0.2) is 0 Å². The first-order valence-electron chi connectivity index (χ1n) is 6.00. The van der Waals surface area contributed by atoms with E-state index in [1.165, 1.54) is 16.3 Å². The van der Waals surface area contributed by atoms with Crippen LogP contribution in [0, 0.1) is 18.8 Å². The quantitative estimate of drug-likeness (QED) is 0.614. The van der Waals surface area contributed by atoms with Crippen molar-refractivity contribution in [3.8, 4) is 11.8 Å². The van der Waals surface area contributed by atoms with Crippen molar-refractivity contribution in [1.82, 2.24) is 0 Å². The van der Waals surface area contributed by atoms with Crippen LogP contribution in [0.2, 0.25) is 0 Å². The Morgan fingerprint density at radius 3 is 2.59 bits per heavy atom. The van der Waals surface area contributed by atoms with Gasteiger partial charge < -0.3 is 5.73 Å². The second kappa shape index (κ2) is 5.52. The third-order valence-electron chi connectivity index (χ3n) is 2.87. The maximum atomic E-state index is 5.45. The molecule has 0 aliphatic heterocycles. The summed E-state index contributed by atoms with van der Waals surface area (Å²) in [6.07, 6.45) is 1.84. The molecule has 2 aromatic carbocycles. The standard InChI is InChI=1S/C16H17N/c1-13-10-11-14(7-3-2-6-12-17)16-9-5-4-8-15(13)16/h4-5,8-11H,2,6,12,17H2,1H3. The summed E-state index contributed by atoms with van der Waals surface area (Å²) in [5.41, 5.74) is 7.86. The van der Waals surface area contributed by atoms with Gasteiger partial charge in [-0.3, -0.25) is 0 Å². The van der Waals surface area contributed by atoms with Crippen LogP contribution in [0.4, 0.5) is 0 Å². The van der Waals surface area contributed by atoms with Crippen LogP contribution in [0.1, 0.15) is 24.0 Å². The van der Waals surface area contributed by atoms with Gasteiger partial charge in [-0.15, -0.1) is 0 Å². The molecule has 0 saturated carbocycles. The van der Waals surface area contributed by atoms with E-state index in [0.717, 1.165) is 18.4 Å². The molecule has 0 aromatic heterocycles. The summed E-state index contributed by atoms with van der Waals surface area (Å²) >= 11 is 0. The molecular formula is C16H17N. The van der Waals surface area contributed by atoms with Gasteiger partial charge in [0.1, 0.15) is 0 Å². The number of hydrogen-bond donors (Lipinski definition) is 1. The number of hydrogen-bond acceptors (Lipinski definition) is 1. The van der Waals surface area contributed by atoms with Crippen LogP contribution in [0.5, 0.6) is 0 Å². The largest absolute Gasteiger partial charge is 0.330 e. The molecule has 86 valence electrons. The number of fused-ring (bicyclic) bond motifs is 1. The fourth-order valence-electron chi connectivity index (χ4n) is 1.91. The van der Waals surface area contributed by atoms with Crippen LogP contribution in [0.15, 0.2) is 36.4 Å². The molecule has 0 amide bonds. The Balaban J connectivity index is 2.40. The second-order valence-corrected chi connectivity index (χ2v) is 4.17. The number of unbranched alkanes of at least 4 members (excludes halogenated alkanes) is 1. The maximum absolute atomic E-state index is 5.45. The molecular weight excluding hydrogens is 206 g/mol. The molecule has 0 radical (unpaired) electrons. The molecule has 1 nitrogen and oxygen atoms in total. The summed E-state index contributed by atoms with van der Waals surface area (Å²) in [7, 11) is 0. The van der Waals surface area contributed by atoms with E-state index in [1.54, 1.807) is 0 Å². The van der Waals surface area contributed by atoms with Crippen molar-refractivity contribution in [1.29, 1.82) is 0 Å². The van der Waals surface area contributed by atoms with Crippen molar-refractivity contribution in [3.63, 3.8) is 0 Å². The van der Waals surface area contributed by atoms with E-state index in [-0.39, 0.29) is 0 Å². The Labute approximate surface area is 103 Å². The van der Waals surface area contributed by atoms with Crippen LogP contribution in [0.3, 0.4) is 0 Å². The van der Waals surface area contributed by atoms with Crippen molar-refractivity contribution in [2.45, 2.75) is 19.8 Å². The summed E-state index contributed by atoms with van der Waals surface area (Å²) in [6, 6.07) is 12.7. The van der Waals surface area contributed by atoms with Gasteiger partial charge in [-0.2, -0.15) is 0 Å². The summed E-state index contributed by atoms with van der Waals surface area (Å²) in [6.45, 7) is 2.84. The third kappa shape index (κ3) is 2.67. The highest BCUT2D eigenvalue weighted by molar-refractivity contribution is 5.90. The van der Waals surface area contributed by atoms with Crippen LogP contribution in [0.25, 0.3) is 10.8 Å². The molecule has 0 heterocycles. The first-order valence-corrected chi connectivity index (χ1v) is 6.00. The van der Waals surface area contributed by atoms with Crippen molar-refractivity contribution in [2.24, 2.45) is 5.73 Å². The molecule has 0 aliphatic rings. The Kier molecular flexibility index (Phi) is 3.80. The van der Waals surface area contributed by atoms with Gasteiger partial charge in [0, 0.05) is 12.0 Å². The number of rotatable bonds is 2. The first kappa shape index (κ1) is 11.7. The van der Waals surface area contributed by atoms with E-state index in [1.807, 2.05) is 0 Å². The van der Waals surface area contributed by atoms with Gasteiger partial charge in [-0.05, 0) is 42.3 Å². The topological polar surface area (TPSA) is 26.0 Å². The minimum Gasteiger partial charge on any atom is -0.330 e. The monoisotopic (exact) mass is 223 g/mol.